The number of pyridine rings is 3. The Morgan fingerprint density at radius 2 is 1.81 bits per heavy atom. The molecule has 1 aromatic carbocycles. The summed E-state index contributed by atoms with van der Waals surface area (Å²) in [6.07, 6.45) is 2.58. The lowest BCUT2D eigenvalue weighted by molar-refractivity contribution is 0.0950. The Morgan fingerprint density at radius 1 is 0.972 bits per heavy atom. The number of ether oxygens (including phenoxy) is 2. The van der Waals surface area contributed by atoms with Crippen LogP contribution in [-0.4, -0.2) is 48.2 Å². The van der Waals surface area contributed by atoms with Crippen LogP contribution in [0.15, 0.2) is 59.6 Å². The average Bonchev–Trinajstić information content (AvgIpc) is 3.31. The zero-order valence-electron chi connectivity index (χ0n) is 19.2. The van der Waals surface area contributed by atoms with Gasteiger partial charge >= 0.3 is 0 Å². The number of carbonyl (C=O) groups excluding carboxylic acids is 1. The van der Waals surface area contributed by atoms with Crippen LogP contribution in [0, 0.1) is 0 Å². The Labute approximate surface area is 207 Å². The third-order valence-electron chi connectivity index (χ3n) is 6.29. The van der Waals surface area contributed by atoms with Crippen LogP contribution in [-0.2, 0) is 34.1 Å². The molecule has 0 spiro atoms. The zero-order chi connectivity index (χ0) is 24.7. The van der Waals surface area contributed by atoms with E-state index < -0.39 is 9.84 Å². The molecule has 0 saturated heterocycles. The second kappa shape index (κ2) is 8.96. The Kier molecular flexibility index (Phi) is 5.62. The predicted molar refractivity (Wildman–Crippen MR) is 131 cm³/mol. The van der Waals surface area contributed by atoms with Crippen LogP contribution in [0.25, 0.3) is 22.3 Å². The van der Waals surface area contributed by atoms with Crippen molar-refractivity contribution in [1.29, 1.82) is 0 Å². The van der Waals surface area contributed by atoms with Crippen LogP contribution in [0.5, 0.6) is 5.88 Å². The van der Waals surface area contributed by atoms with Gasteiger partial charge in [0.25, 0.3) is 5.91 Å². The average molecular weight is 503 g/mol. The van der Waals surface area contributed by atoms with E-state index in [-0.39, 0.29) is 41.9 Å². The molecule has 1 amide bonds. The van der Waals surface area contributed by atoms with E-state index in [1.807, 2.05) is 30.3 Å². The van der Waals surface area contributed by atoms with Gasteiger partial charge in [-0.3, -0.25) is 9.78 Å². The van der Waals surface area contributed by atoms with Crippen molar-refractivity contribution < 1.29 is 22.7 Å². The topological polar surface area (TPSA) is 120 Å². The summed E-state index contributed by atoms with van der Waals surface area (Å²) in [6.45, 7) is 1.16. The summed E-state index contributed by atoms with van der Waals surface area (Å²) >= 11 is 0. The largest absolute Gasteiger partial charge is 0.477 e. The quantitative estimate of drug-likeness (QED) is 0.452. The minimum Gasteiger partial charge on any atom is -0.477 e. The fourth-order valence-corrected chi connectivity index (χ4v) is 5.71. The number of aromatic nitrogens is 3. The third-order valence-corrected chi connectivity index (χ3v) is 8.04. The first-order chi connectivity index (χ1) is 17.5. The molecule has 2 aliphatic rings. The lowest BCUT2D eigenvalue weighted by Gasteiger charge is -2.10. The van der Waals surface area contributed by atoms with Gasteiger partial charge in [-0.25, -0.2) is 18.4 Å². The van der Waals surface area contributed by atoms with E-state index in [1.54, 1.807) is 18.3 Å². The fraction of sp³-hybridized carbons (Fsp3) is 0.231. The molecule has 0 atom stereocenters. The highest BCUT2D eigenvalue weighted by molar-refractivity contribution is 7.91. The molecule has 0 radical (unpaired) electrons. The van der Waals surface area contributed by atoms with Crippen molar-refractivity contribution in [3.63, 3.8) is 0 Å². The van der Waals surface area contributed by atoms with E-state index in [1.165, 1.54) is 6.07 Å². The molecule has 36 heavy (non-hydrogen) atoms. The molecule has 182 valence electrons. The van der Waals surface area contributed by atoms with Crippen molar-refractivity contribution >= 4 is 26.6 Å². The molecule has 0 unspecified atom stereocenters. The van der Waals surface area contributed by atoms with E-state index in [0.29, 0.717) is 23.7 Å². The molecular weight excluding hydrogens is 480 g/mol. The number of nitrogens with zero attached hydrogens (tertiary/aromatic N) is 3. The minimum atomic E-state index is -3.50. The van der Waals surface area contributed by atoms with Crippen LogP contribution in [0.4, 0.5) is 0 Å². The van der Waals surface area contributed by atoms with Gasteiger partial charge in [-0.1, -0.05) is 12.1 Å². The van der Waals surface area contributed by atoms with Gasteiger partial charge in [0.15, 0.2) is 9.84 Å². The summed E-state index contributed by atoms with van der Waals surface area (Å²) in [6, 6.07) is 14.3. The summed E-state index contributed by atoms with van der Waals surface area (Å²) in [5, 5.41) is 3.69. The van der Waals surface area contributed by atoms with Crippen molar-refractivity contribution in [3.8, 4) is 17.3 Å². The SMILES string of the molecule is O=C(NCc1cc2nc(-c3ccc4c(n3)OCC4)ccc2cn1)c1ccc2c(c1)S(=O)(=O)CCOC2. The second-order valence-electron chi connectivity index (χ2n) is 8.70. The molecule has 0 bridgehead atoms. The van der Waals surface area contributed by atoms with Gasteiger partial charge in [0, 0.05) is 29.1 Å². The number of nitrogens with one attached hydrogen (secondary N) is 1. The lowest BCUT2D eigenvalue weighted by Crippen LogP contribution is -2.23. The number of sulfone groups is 1. The van der Waals surface area contributed by atoms with Gasteiger partial charge < -0.3 is 14.8 Å². The number of hydrogen-bond acceptors (Lipinski definition) is 8. The number of hydrogen-bond donors (Lipinski definition) is 1. The number of fused-ring (bicyclic) bond motifs is 3. The van der Waals surface area contributed by atoms with Crippen LogP contribution in [0.3, 0.4) is 0 Å². The maximum absolute atomic E-state index is 12.8. The molecule has 5 heterocycles. The monoisotopic (exact) mass is 502 g/mol. The first-order valence-electron chi connectivity index (χ1n) is 11.6. The maximum atomic E-state index is 12.8. The predicted octanol–water partition coefficient (Wildman–Crippen LogP) is 2.86. The molecule has 1 N–H and O–H groups in total. The molecule has 4 aromatic rings. The van der Waals surface area contributed by atoms with E-state index in [9.17, 15) is 13.2 Å². The van der Waals surface area contributed by atoms with Gasteiger partial charge in [0.2, 0.25) is 5.88 Å². The van der Waals surface area contributed by atoms with Gasteiger partial charge in [0.05, 0.1) is 59.6 Å². The summed E-state index contributed by atoms with van der Waals surface area (Å²) in [5.41, 5.74) is 4.73. The van der Waals surface area contributed by atoms with Gasteiger partial charge in [-0.15, -0.1) is 0 Å². The molecular formula is C26H22N4O5S. The van der Waals surface area contributed by atoms with Crippen molar-refractivity contribution in [2.24, 2.45) is 0 Å². The molecule has 0 fully saturated rings. The standard InChI is InChI=1S/C26H22N4O5S/c31-25(17-1-2-19-15-34-9-10-36(32,33)24(19)11-17)28-14-20-12-23-18(13-27-20)4-6-21(29-23)22-5-3-16-7-8-35-26(16)30-22/h1-6,11-13H,7-10,14-15H2,(H,28,31). The molecule has 9 nitrogen and oxygen atoms in total. The molecule has 2 aliphatic heterocycles. The van der Waals surface area contributed by atoms with E-state index in [0.717, 1.165) is 34.3 Å². The van der Waals surface area contributed by atoms with Gasteiger partial charge in [0.1, 0.15) is 0 Å². The fourth-order valence-electron chi connectivity index (χ4n) is 4.32. The Bertz CT molecular complexity index is 1620. The number of carbonyl (C=O) groups is 1. The first-order valence-corrected chi connectivity index (χ1v) is 13.2. The second-order valence-corrected chi connectivity index (χ2v) is 10.8. The Hall–Kier alpha value is -3.89. The van der Waals surface area contributed by atoms with Crippen molar-refractivity contribution in [2.45, 2.75) is 24.5 Å². The number of rotatable bonds is 4. The van der Waals surface area contributed by atoms with E-state index in [2.05, 4.69) is 15.3 Å². The first kappa shape index (κ1) is 22.6. The van der Waals surface area contributed by atoms with Gasteiger partial charge in [-0.05, 0) is 42.0 Å². The summed E-state index contributed by atoms with van der Waals surface area (Å²) < 4.78 is 36.0. The van der Waals surface area contributed by atoms with Crippen LogP contribution < -0.4 is 10.1 Å². The normalized spacial score (nSPS) is 16.0. The number of amides is 1. The molecule has 3 aromatic heterocycles. The summed E-state index contributed by atoms with van der Waals surface area (Å²) in [5.74, 6) is 0.171. The van der Waals surface area contributed by atoms with Crippen molar-refractivity contribution in [2.75, 3.05) is 19.0 Å². The Morgan fingerprint density at radius 3 is 2.72 bits per heavy atom. The number of benzene rings is 1. The third kappa shape index (κ3) is 4.29. The molecule has 6 rings (SSSR count). The molecule has 0 saturated carbocycles. The maximum Gasteiger partial charge on any atom is 0.251 e. The van der Waals surface area contributed by atoms with E-state index in [4.69, 9.17) is 14.5 Å². The van der Waals surface area contributed by atoms with Gasteiger partial charge in [-0.2, -0.15) is 0 Å². The van der Waals surface area contributed by atoms with Crippen molar-refractivity contribution in [3.05, 3.63) is 77.1 Å². The molecule has 10 heteroatoms. The summed E-state index contributed by atoms with van der Waals surface area (Å²) in [7, 11) is -3.50. The smallest absolute Gasteiger partial charge is 0.251 e. The zero-order valence-corrected chi connectivity index (χ0v) is 20.0. The van der Waals surface area contributed by atoms with Crippen molar-refractivity contribution in [1.82, 2.24) is 20.3 Å². The summed E-state index contributed by atoms with van der Waals surface area (Å²) in [4.78, 5) is 26.7. The Balaban J connectivity index is 1.21. The lowest BCUT2D eigenvalue weighted by atomic mass is 10.1. The van der Waals surface area contributed by atoms with Crippen LogP contribution >= 0.6 is 0 Å². The highest BCUT2D eigenvalue weighted by Crippen LogP contribution is 2.27. The highest BCUT2D eigenvalue weighted by atomic mass is 32.2. The van der Waals surface area contributed by atoms with E-state index >= 15 is 0 Å². The van der Waals surface area contributed by atoms with Crippen LogP contribution in [0.2, 0.25) is 0 Å². The van der Waals surface area contributed by atoms with Crippen LogP contribution in [0.1, 0.15) is 27.2 Å². The highest BCUT2D eigenvalue weighted by Gasteiger charge is 2.23. The minimum absolute atomic E-state index is 0.102. The molecule has 0 aliphatic carbocycles.